The lowest BCUT2D eigenvalue weighted by atomic mass is 10.1. The Morgan fingerprint density at radius 1 is 1.28 bits per heavy atom. The molecule has 0 spiro atoms. The molecule has 2 rings (SSSR count). The predicted octanol–water partition coefficient (Wildman–Crippen LogP) is 0.866. The Morgan fingerprint density at radius 3 is 2.72 bits per heavy atom. The van der Waals surface area contributed by atoms with E-state index in [0.717, 1.165) is 10.5 Å². The summed E-state index contributed by atoms with van der Waals surface area (Å²) >= 11 is 4.21. The summed E-state index contributed by atoms with van der Waals surface area (Å²) in [5.41, 5.74) is 0.973. The molecule has 0 aliphatic carbocycles. The van der Waals surface area contributed by atoms with E-state index in [-0.39, 0.29) is 11.8 Å². The van der Waals surface area contributed by atoms with E-state index in [9.17, 15) is 9.59 Å². The molecule has 0 saturated carbocycles. The van der Waals surface area contributed by atoms with Gasteiger partial charge in [0, 0.05) is 31.0 Å². The monoisotopic (exact) mass is 264 g/mol. The number of hydrogen-bond acceptors (Lipinski definition) is 3. The van der Waals surface area contributed by atoms with E-state index in [1.54, 1.807) is 4.90 Å². The Balaban J connectivity index is 1.94. The fourth-order valence-corrected chi connectivity index (χ4v) is 2.07. The highest BCUT2D eigenvalue weighted by Gasteiger charge is 2.18. The summed E-state index contributed by atoms with van der Waals surface area (Å²) in [6.45, 7) is 1.64. The molecule has 0 atom stereocenters. The van der Waals surface area contributed by atoms with Gasteiger partial charge in [0.1, 0.15) is 0 Å². The summed E-state index contributed by atoms with van der Waals surface area (Å²) in [6.07, 6.45) is 0.767. The van der Waals surface area contributed by atoms with Gasteiger partial charge in [0.25, 0.3) is 0 Å². The zero-order chi connectivity index (χ0) is 13.0. The number of nitrogens with one attached hydrogen (secondary N) is 1. The van der Waals surface area contributed by atoms with Gasteiger partial charge in [-0.1, -0.05) is 12.1 Å². The first-order valence-corrected chi connectivity index (χ1v) is 6.42. The first-order valence-electron chi connectivity index (χ1n) is 5.97. The first kappa shape index (κ1) is 13.0. The third-order valence-corrected chi connectivity index (χ3v) is 3.26. The van der Waals surface area contributed by atoms with Crippen LogP contribution in [0.2, 0.25) is 0 Å². The van der Waals surface area contributed by atoms with Crippen LogP contribution in [-0.4, -0.2) is 36.3 Å². The molecule has 2 amide bonds. The van der Waals surface area contributed by atoms with E-state index in [4.69, 9.17) is 0 Å². The van der Waals surface area contributed by atoms with Gasteiger partial charge in [-0.3, -0.25) is 9.59 Å². The second-order valence-electron chi connectivity index (χ2n) is 4.32. The van der Waals surface area contributed by atoms with Crippen molar-refractivity contribution in [2.45, 2.75) is 17.7 Å². The molecular weight excluding hydrogens is 248 g/mol. The van der Waals surface area contributed by atoms with E-state index < -0.39 is 0 Å². The van der Waals surface area contributed by atoms with E-state index >= 15 is 0 Å². The second kappa shape index (κ2) is 5.91. The van der Waals surface area contributed by atoms with Crippen LogP contribution < -0.4 is 5.32 Å². The van der Waals surface area contributed by atoms with Gasteiger partial charge < -0.3 is 10.2 Å². The summed E-state index contributed by atoms with van der Waals surface area (Å²) in [4.78, 5) is 25.9. The molecule has 0 radical (unpaired) electrons. The van der Waals surface area contributed by atoms with Crippen LogP contribution in [0.25, 0.3) is 0 Å². The van der Waals surface area contributed by atoms with Crippen LogP contribution in [0.1, 0.15) is 12.0 Å². The summed E-state index contributed by atoms with van der Waals surface area (Å²) in [5, 5.41) is 2.76. The molecule has 4 nitrogen and oxygen atoms in total. The number of hydrogen-bond donors (Lipinski definition) is 2. The van der Waals surface area contributed by atoms with Gasteiger partial charge >= 0.3 is 0 Å². The molecule has 1 aromatic carbocycles. The number of rotatable bonds is 2. The predicted molar refractivity (Wildman–Crippen MR) is 71.6 cm³/mol. The van der Waals surface area contributed by atoms with Crippen LogP contribution in [0.4, 0.5) is 0 Å². The SMILES string of the molecule is O=C1CCN(C(=O)Cc2ccc(S)cc2)CCN1. The number of carbonyl (C=O) groups excluding carboxylic acids is 2. The van der Waals surface area contributed by atoms with Gasteiger partial charge in [0.05, 0.1) is 6.42 Å². The highest BCUT2D eigenvalue weighted by Crippen LogP contribution is 2.10. The molecule has 1 N–H and O–H groups in total. The van der Waals surface area contributed by atoms with Crippen molar-refractivity contribution < 1.29 is 9.59 Å². The summed E-state index contributed by atoms with van der Waals surface area (Å²) in [5.74, 6) is 0.0862. The third kappa shape index (κ3) is 3.50. The van der Waals surface area contributed by atoms with E-state index in [1.807, 2.05) is 24.3 Å². The smallest absolute Gasteiger partial charge is 0.227 e. The molecule has 1 heterocycles. The number of benzene rings is 1. The Hall–Kier alpha value is -1.49. The van der Waals surface area contributed by atoms with Crippen LogP contribution in [-0.2, 0) is 16.0 Å². The molecule has 1 aliphatic rings. The maximum Gasteiger partial charge on any atom is 0.227 e. The quantitative estimate of drug-likeness (QED) is 0.779. The number of nitrogens with zero attached hydrogens (tertiary/aromatic N) is 1. The van der Waals surface area contributed by atoms with Gasteiger partial charge in [-0.15, -0.1) is 12.6 Å². The van der Waals surface area contributed by atoms with Gasteiger partial charge in [-0.05, 0) is 17.7 Å². The molecule has 0 bridgehead atoms. The van der Waals surface area contributed by atoms with Crippen molar-refractivity contribution in [3.63, 3.8) is 0 Å². The highest BCUT2D eigenvalue weighted by molar-refractivity contribution is 7.80. The van der Waals surface area contributed by atoms with Gasteiger partial charge in [-0.2, -0.15) is 0 Å². The fourth-order valence-electron chi connectivity index (χ4n) is 1.92. The molecule has 96 valence electrons. The zero-order valence-electron chi connectivity index (χ0n) is 10.1. The Kier molecular flexibility index (Phi) is 4.25. The minimum absolute atomic E-state index is 0.0183. The van der Waals surface area contributed by atoms with E-state index in [0.29, 0.717) is 32.5 Å². The van der Waals surface area contributed by atoms with Crippen LogP contribution in [0.3, 0.4) is 0 Å². The minimum atomic E-state index is 0.0183. The molecule has 1 saturated heterocycles. The molecule has 18 heavy (non-hydrogen) atoms. The van der Waals surface area contributed by atoms with E-state index in [1.165, 1.54) is 0 Å². The standard InChI is InChI=1S/C13H16N2O2S/c16-12-5-7-15(8-6-14-12)13(17)9-10-1-3-11(18)4-2-10/h1-4,18H,5-9H2,(H,14,16). The fraction of sp³-hybridized carbons (Fsp3) is 0.385. The first-order chi connectivity index (χ1) is 8.65. The Labute approximate surface area is 112 Å². The van der Waals surface area contributed by atoms with Crippen LogP contribution in [0.5, 0.6) is 0 Å². The molecular formula is C13H16N2O2S. The van der Waals surface area contributed by atoms with Crippen molar-refractivity contribution in [3.8, 4) is 0 Å². The molecule has 1 fully saturated rings. The molecule has 1 aliphatic heterocycles. The number of carbonyl (C=O) groups is 2. The average Bonchev–Trinajstić information content (AvgIpc) is 2.57. The topological polar surface area (TPSA) is 49.4 Å². The zero-order valence-corrected chi connectivity index (χ0v) is 11.0. The van der Waals surface area contributed by atoms with Crippen LogP contribution >= 0.6 is 12.6 Å². The second-order valence-corrected chi connectivity index (χ2v) is 4.84. The third-order valence-electron chi connectivity index (χ3n) is 2.96. The summed E-state index contributed by atoms with van der Waals surface area (Å²) in [6, 6.07) is 7.56. The largest absolute Gasteiger partial charge is 0.354 e. The van der Waals surface area contributed by atoms with E-state index in [2.05, 4.69) is 17.9 Å². The lowest BCUT2D eigenvalue weighted by molar-refractivity contribution is -0.130. The number of amides is 2. The Morgan fingerprint density at radius 2 is 2.00 bits per heavy atom. The number of thiol groups is 1. The van der Waals surface area contributed by atoms with Crippen molar-refractivity contribution in [3.05, 3.63) is 29.8 Å². The maximum atomic E-state index is 12.1. The van der Waals surface area contributed by atoms with Gasteiger partial charge in [0.2, 0.25) is 11.8 Å². The maximum absolute atomic E-state index is 12.1. The van der Waals surface area contributed by atoms with Crippen molar-refractivity contribution in [2.24, 2.45) is 0 Å². The molecule has 5 heteroatoms. The summed E-state index contributed by atoms with van der Waals surface area (Å²) < 4.78 is 0. The summed E-state index contributed by atoms with van der Waals surface area (Å²) in [7, 11) is 0. The Bertz CT molecular complexity index is 445. The van der Waals surface area contributed by atoms with Crippen LogP contribution in [0.15, 0.2) is 29.2 Å². The van der Waals surface area contributed by atoms with Gasteiger partial charge in [-0.25, -0.2) is 0 Å². The average molecular weight is 264 g/mol. The highest BCUT2D eigenvalue weighted by atomic mass is 32.1. The molecule has 0 aromatic heterocycles. The molecule has 0 unspecified atom stereocenters. The minimum Gasteiger partial charge on any atom is -0.354 e. The van der Waals surface area contributed by atoms with Crippen LogP contribution in [0, 0.1) is 0 Å². The van der Waals surface area contributed by atoms with Crippen molar-refractivity contribution in [1.29, 1.82) is 0 Å². The van der Waals surface area contributed by atoms with Gasteiger partial charge in [0.15, 0.2) is 0 Å². The lowest BCUT2D eigenvalue weighted by Crippen LogP contribution is -2.35. The normalized spacial score (nSPS) is 16.1. The lowest BCUT2D eigenvalue weighted by Gasteiger charge is -2.19. The van der Waals surface area contributed by atoms with Crippen molar-refractivity contribution in [2.75, 3.05) is 19.6 Å². The molecule has 1 aromatic rings. The van der Waals surface area contributed by atoms with Crippen molar-refractivity contribution >= 4 is 24.4 Å². The van der Waals surface area contributed by atoms with Crippen molar-refractivity contribution in [1.82, 2.24) is 10.2 Å².